The Morgan fingerprint density at radius 2 is 1.81 bits per heavy atom. The molecule has 1 aliphatic carbocycles. The summed E-state index contributed by atoms with van der Waals surface area (Å²) in [4.78, 5) is 6.84. The van der Waals surface area contributed by atoms with Gasteiger partial charge in [0.25, 0.3) is 0 Å². The van der Waals surface area contributed by atoms with Crippen molar-refractivity contribution in [2.45, 2.75) is 26.3 Å². The first-order chi connectivity index (χ1) is 13.1. The zero-order chi connectivity index (χ0) is 19.6. The van der Waals surface area contributed by atoms with Crippen LogP contribution in [-0.4, -0.2) is 65.5 Å². The van der Waals surface area contributed by atoms with E-state index in [9.17, 15) is 0 Å². The standard InChI is InChI=1S/C20H33N3O4/c1-6-21-20(23(2)9-10-27-14-15-7-8-15)22-13-17-18(25-4)11-16(24-3)12-19(17)26-5/h11-12,15H,6-10,13-14H2,1-5H3,(H,21,22). The Morgan fingerprint density at radius 3 is 2.33 bits per heavy atom. The molecule has 1 saturated carbocycles. The normalized spacial score (nSPS) is 14.0. The van der Waals surface area contributed by atoms with Gasteiger partial charge in [0.15, 0.2) is 5.96 Å². The van der Waals surface area contributed by atoms with E-state index in [0.29, 0.717) is 30.4 Å². The summed E-state index contributed by atoms with van der Waals surface area (Å²) in [5, 5.41) is 3.33. The Bertz CT molecular complexity index is 592. The van der Waals surface area contributed by atoms with Crippen LogP contribution in [0.3, 0.4) is 0 Å². The van der Waals surface area contributed by atoms with Gasteiger partial charge in [0.05, 0.1) is 40.0 Å². The molecular formula is C20H33N3O4. The molecule has 7 nitrogen and oxygen atoms in total. The van der Waals surface area contributed by atoms with E-state index < -0.39 is 0 Å². The highest BCUT2D eigenvalue weighted by Gasteiger charge is 2.21. The molecule has 152 valence electrons. The van der Waals surface area contributed by atoms with Crippen molar-refractivity contribution in [2.75, 3.05) is 54.7 Å². The first-order valence-corrected chi connectivity index (χ1v) is 9.49. The van der Waals surface area contributed by atoms with Crippen molar-refractivity contribution in [1.82, 2.24) is 10.2 Å². The maximum absolute atomic E-state index is 5.74. The van der Waals surface area contributed by atoms with Crippen LogP contribution in [-0.2, 0) is 11.3 Å². The number of guanidine groups is 1. The van der Waals surface area contributed by atoms with Crippen LogP contribution in [0.15, 0.2) is 17.1 Å². The Kier molecular flexibility index (Phi) is 8.51. The van der Waals surface area contributed by atoms with Crippen molar-refractivity contribution < 1.29 is 18.9 Å². The smallest absolute Gasteiger partial charge is 0.194 e. The number of likely N-dealkylation sites (N-methyl/N-ethyl adjacent to an activating group) is 1. The van der Waals surface area contributed by atoms with E-state index in [2.05, 4.69) is 17.1 Å². The van der Waals surface area contributed by atoms with E-state index in [1.807, 2.05) is 19.2 Å². The van der Waals surface area contributed by atoms with Gasteiger partial charge in [0, 0.05) is 38.9 Å². The molecule has 0 spiro atoms. The molecule has 0 bridgehead atoms. The van der Waals surface area contributed by atoms with E-state index in [1.165, 1.54) is 12.8 Å². The molecule has 0 unspecified atom stereocenters. The van der Waals surface area contributed by atoms with Gasteiger partial charge in [-0.05, 0) is 25.7 Å². The number of methoxy groups -OCH3 is 3. The highest BCUT2D eigenvalue weighted by Crippen LogP contribution is 2.34. The molecule has 0 aromatic heterocycles. The molecule has 0 radical (unpaired) electrons. The minimum Gasteiger partial charge on any atom is -0.496 e. The average Bonchev–Trinajstić information content (AvgIpc) is 3.52. The predicted molar refractivity (Wildman–Crippen MR) is 107 cm³/mol. The molecule has 1 aliphatic rings. The summed E-state index contributed by atoms with van der Waals surface area (Å²) >= 11 is 0. The maximum atomic E-state index is 5.74. The third-order valence-electron chi connectivity index (χ3n) is 4.52. The fourth-order valence-corrected chi connectivity index (χ4v) is 2.70. The predicted octanol–water partition coefficient (Wildman–Crippen LogP) is 2.54. The number of nitrogens with zero attached hydrogens (tertiary/aromatic N) is 2. The molecule has 1 N–H and O–H groups in total. The van der Waals surface area contributed by atoms with E-state index in [-0.39, 0.29) is 0 Å². The minimum atomic E-state index is 0.436. The topological polar surface area (TPSA) is 64.6 Å². The monoisotopic (exact) mass is 379 g/mol. The van der Waals surface area contributed by atoms with Crippen molar-refractivity contribution in [3.05, 3.63) is 17.7 Å². The summed E-state index contributed by atoms with van der Waals surface area (Å²) in [6, 6.07) is 3.69. The number of hydrogen-bond donors (Lipinski definition) is 1. The number of hydrogen-bond acceptors (Lipinski definition) is 5. The largest absolute Gasteiger partial charge is 0.496 e. The van der Waals surface area contributed by atoms with Crippen LogP contribution >= 0.6 is 0 Å². The SMILES string of the molecule is CCNC(=NCc1c(OC)cc(OC)cc1OC)N(C)CCOCC1CC1. The summed E-state index contributed by atoms with van der Waals surface area (Å²) in [6.07, 6.45) is 2.62. The molecule has 0 aliphatic heterocycles. The number of nitrogens with one attached hydrogen (secondary N) is 1. The van der Waals surface area contributed by atoms with Crippen molar-refractivity contribution >= 4 is 5.96 Å². The highest BCUT2D eigenvalue weighted by atomic mass is 16.5. The van der Waals surface area contributed by atoms with Gasteiger partial charge in [0.1, 0.15) is 17.2 Å². The van der Waals surface area contributed by atoms with Crippen molar-refractivity contribution in [2.24, 2.45) is 10.9 Å². The number of ether oxygens (including phenoxy) is 4. The maximum Gasteiger partial charge on any atom is 0.194 e. The molecule has 2 rings (SSSR count). The third kappa shape index (κ3) is 6.50. The van der Waals surface area contributed by atoms with E-state index in [4.69, 9.17) is 23.9 Å². The Balaban J connectivity index is 2.05. The summed E-state index contributed by atoms with van der Waals surface area (Å²) in [6.45, 7) is 5.65. The molecule has 1 fully saturated rings. The zero-order valence-electron chi connectivity index (χ0n) is 17.2. The van der Waals surface area contributed by atoms with E-state index in [1.54, 1.807) is 21.3 Å². The summed E-state index contributed by atoms with van der Waals surface area (Å²) < 4.78 is 22.1. The lowest BCUT2D eigenvalue weighted by Crippen LogP contribution is -2.40. The van der Waals surface area contributed by atoms with Gasteiger partial charge in [0.2, 0.25) is 0 Å². The molecule has 0 amide bonds. The Hall–Kier alpha value is -2.15. The summed E-state index contributed by atoms with van der Waals surface area (Å²) in [5.74, 6) is 3.69. The number of rotatable bonds is 11. The van der Waals surface area contributed by atoms with Gasteiger partial charge < -0.3 is 29.2 Å². The molecule has 0 saturated heterocycles. The van der Waals surface area contributed by atoms with Gasteiger partial charge in [-0.2, -0.15) is 0 Å². The van der Waals surface area contributed by atoms with Crippen LogP contribution in [0.1, 0.15) is 25.3 Å². The minimum absolute atomic E-state index is 0.436. The molecule has 1 aromatic carbocycles. The second kappa shape index (κ2) is 10.9. The molecule has 27 heavy (non-hydrogen) atoms. The first-order valence-electron chi connectivity index (χ1n) is 9.49. The molecular weight excluding hydrogens is 346 g/mol. The lowest BCUT2D eigenvalue weighted by molar-refractivity contribution is 0.115. The van der Waals surface area contributed by atoms with Crippen molar-refractivity contribution in [3.8, 4) is 17.2 Å². The van der Waals surface area contributed by atoms with Crippen LogP contribution in [0.5, 0.6) is 17.2 Å². The zero-order valence-corrected chi connectivity index (χ0v) is 17.2. The van der Waals surface area contributed by atoms with Gasteiger partial charge in [-0.3, -0.25) is 0 Å². The van der Waals surface area contributed by atoms with Gasteiger partial charge in [-0.15, -0.1) is 0 Å². The Morgan fingerprint density at radius 1 is 1.15 bits per heavy atom. The first kappa shape index (κ1) is 21.2. The lowest BCUT2D eigenvalue weighted by Gasteiger charge is -2.22. The Labute approximate surface area is 162 Å². The van der Waals surface area contributed by atoms with Crippen LogP contribution < -0.4 is 19.5 Å². The quantitative estimate of drug-likeness (QED) is 0.362. The molecule has 1 aromatic rings. The molecule has 0 atom stereocenters. The van der Waals surface area contributed by atoms with Crippen LogP contribution in [0.25, 0.3) is 0 Å². The van der Waals surface area contributed by atoms with E-state index in [0.717, 1.165) is 37.1 Å². The highest BCUT2D eigenvalue weighted by molar-refractivity contribution is 5.79. The molecule has 0 heterocycles. The second-order valence-electron chi connectivity index (χ2n) is 6.62. The van der Waals surface area contributed by atoms with Gasteiger partial charge in [-0.1, -0.05) is 0 Å². The summed E-state index contributed by atoms with van der Waals surface area (Å²) in [7, 11) is 6.91. The van der Waals surface area contributed by atoms with Crippen LogP contribution in [0.4, 0.5) is 0 Å². The summed E-state index contributed by atoms with van der Waals surface area (Å²) in [5.41, 5.74) is 0.884. The van der Waals surface area contributed by atoms with E-state index >= 15 is 0 Å². The fraction of sp³-hybridized carbons (Fsp3) is 0.650. The van der Waals surface area contributed by atoms with Gasteiger partial charge in [-0.25, -0.2) is 4.99 Å². The van der Waals surface area contributed by atoms with Crippen molar-refractivity contribution in [1.29, 1.82) is 0 Å². The van der Waals surface area contributed by atoms with Crippen LogP contribution in [0.2, 0.25) is 0 Å². The molecule has 7 heteroatoms. The second-order valence-corrected chi connectivity index (χ2v) is 6.62. The fourth-order valence-electron chi connectivity index (χ4n) is 2.70. The van der Waals surface area contributed by atoms with Crippen LogP contribution in [0, 0.1) is 5.92 Å². The third-order valence-corrected chi connectivity index (χ3v) is 4.52. The number of aliphatic imine (C=N–C) groups is 1. The van der Waals surface area contributed by atoms with Gasteiger partial charge >= 0.3 is 0 Å². The lowest BCUT2D eigenvalue weighted by atomic mass is 10.1. The van der Waals surface area contributed by atoms with Crippen molar-refractivity contribution in [3.63, 3.8) is 0 Å². The average molecular weight is 380 g/mol. The number of benzene rings is 1.